The Labute approximate surface area is 172 Å². The lowest BCUT2D eigenvalue weighted by atomic mass is 9.91. The van der Waals surface area contributed by atoms with Crippen molar-refractivity contribution in [2.45, 2.75) is 25.4 Å². The second-order valence-corrected chi connectivity index (χ2v) is 8.14. The third-order valence-electron chi connectivity index (χ3n) is 5.43. The second kappa shape index (κ2) is 7.07. The molecule has 0 N–H and O–H groups in total. The van der Waals surface area contributed by atoms with E-state index in [-0.39, 0.29) is 6.09 Å². The lowest BCUT2D eigenvalue weighted by Gasteiger charge is -2.37. The van der Waals surface area contributed by atoms with E-state index in [4.69, 9.17) is 4.74 Å². The predicted molar refractivity (Wildman–Crippen MR) is 110 cm³/mol. The fraction of sp³-hybridized carbons (Fsp3) is 0.350. The van der Waals surface area contributed by atoms with E-state index in [9.17, 15) is 4.79 Å². The van der Waals surface area contributed by atoms with Gasteiger partial charge < -0.3 is 9.64 Å². The van der Waals surface area contributed by atoms with Crippen LogP contribution in [0.25, 0.3) is 10.7 Å². The number of para-hydroxylation sites is 1. The molecule has 0 saturated carbocycles. The van der Waals surface area contributed by atoms with Gasteiger partial charge >= 0.3 is 6.09 Å². The molecule has 3 aromatic rings. The average molecular weight is 408 g/mol. The average Bonchev–Trinajstić information content (AvgIpc) is 3.33. The van der Waals surface area contributed by atoms with Crippen molar-refractivity contribution in [1.29, 1.82) is 0 Å². The van der Waals surface area contributed by atoms with Gasteiger partial charge in [0, 0.05) is 31.6 Å². The van der Waals surface area contributed by atoms with Gasteiger partial charge in [-0.25, -0.2) is 9.78 Å². The van der Waals surface area contributed by atoms with Gasteiger partial charge in [-0.3, -0.25) is 4.90 Å². The van der Waals surface area contributed by atoms with E-state index in [1.54, 1.807) is 4.90 Å². The number of nitrogens with zero attached hydrogens (tertiary/aromatic N) is 6. The van der Waals surface area contributed by atoms with E-state index < -0.39 is 5.60 Å². The summed E-state index contributed by atoms with van der Waals surface area (Å²) in [5, 5.41) is 9.47. The summed E-state index contributed by atoms with van der Waals surface area (Å²) in [4.78, 5) is 20.7. The van der Waals surface area contributed by atoms with Gasteiger partial charge in [-0.15, -0.1) is 10.2 Å². The Morgan fingerprint density at radius 3 is 2.52 bits per heavy atom. The van der Waals surface area contributed by atoms with Crippen LogP contribution in [-0.4, -0.2) is 50.9 Å². The van der Waals surface area contributed by atoms with Crippen LogP contribution in [0.5, 0.6) is 0 Å². The van der Waals surface area contributed by atoms with Crippen molar-refractivity contribution >= 4 is 29.1 Å². The standard InChI is InChI=1S/C20H20N6O2S/c1-14-21-18(29-24-14)16-7-8-17(23-22-16)25-11-9-20(10-12-25)13-26(19(27)28-20)15-5-3-2-4-6-15/h2-8H,9-13H2,1H3. The molecular formula is C20H20N6O2S. The van der Waals surface area contributed by atoms with Crippen molar-refractivity contribution in [1.82, 2.24) is 19.6 Å². The number of hydrogen-bond donors (Lipinski definition) is 0. The Balaban J connectivity index is 1.25. The van der Waals surface area contributed by atoms with Gasteiger partial charge in [0.2, 0.25) is 0 Å². The highest BCUT2D eigenvalue weighted by Gasteiger charge is 2.47. The lowest BCUT2D eigenvalue weighted by molar-refractivity contribution is 0.0365. The molecule has 5 rings (SSSR count). The largest absolute Gasteiger partial charge is 0.440 e. The van der Waals surface area contributed by atoms with Crippen LogP contribution in [0, 0.1) is 6.92 Å². The van der Waals surface area contributed by atoms with Gasteiger partial charge in [-0.2, -0.15) is 4.37 Å². The minimum Gasteiger partial charge on any atom is -0.440 e. The number of anilines is 2. The molecule has 2 aromatic heterocycles. The van der Waals surface area contributed by atoms with Crippen molar-refractivity contribution in [2.75, 3.05) is 29.4 Å². The van der Waals surface area contributed by atoms with E-state index in [1.165, 1.54) is 11.5 Å². The molecule has 0 unspecified atom stereocenters. The Kier molecular flexibility index (Phi) is 4.39. The molecule has 2 saturated heterocycles. The molecule has 1 amide bonds. The Bertz CT molecular complexity index is 1010. The molecule has 1 aromatic carbocycles. The van der Waals surface area contributed by atoms with Crippen molar-refractivity contribution < 1.29 is 9.53 Å². The number of amides is 1. The minimum absolute atomic E-state index is 0.263. The summed E-state index contributed by atoms with van der Waals surface area (Å²) in [5.74, 6) is 1.57. The maximum atomic E-state index is 12.4. The fourth-order valence-electron chi connectivity index (χ4n) is 3.84. The molecule has 1 spiro atoms. The van der Waals surface area contributed by atoms with Crippen molar-refractivity contribution in [2.24, 2.45) is 0 Å². The molecule has 0 atom stereocenters. The first kappa shape index (κ1) is 18.0. The number of aromatic nitrogens is 4. The van der Waals surface area contributed by atoms with Crippen LogP contribution in [-0.2, 0) is 4.74 Å². The molecule has 2 aliphatic heterocycles. The van der Waals surface area contributed by atoms with Gasteiger partial charge in [0.05, 0.1) is 6.54 Å². The minimum atomic E-state index is -0.430. The summed E-state index contributed by atoms with van der Waals surface area (Å²) in [7, 11) is 0. The van der Waals surface area contributed by atoms with Gasteiger partial charge in [-0.1, -0.05) is 18.2 Å². The van der Waals surface area contributed by atoms with E-state index >= 15 is 0 Å². The number of aryl methyl sites for hydroxylation is 1. The van der Waals surface area contributed by atoms with Gasteiger partial charge in [0.1, 0.15) is 17.1 Å². The Morgan fingerprint density at radius 2 is 1.86 bits per heavy atom. The summed E-state index contributed by atoms with van der Waals surface area (Å²) >= 11 is 1.32. The Morgan fingerprint density at radius 1 is 1.07 bits per heavy atom. The molecule has 2 aliphatic rings. The summed E-state index contributed by atoms with van der Waals surface area (Å²) < 4.78 is 10.0. The first-order chi connectivity index (χ1) is 14.1. The first-order valence-electron chi connectivity index (χ1n) is 9.57. The molecule has 9 heteroatoms. The van der Waals surface area contributed by atoms with Crippen LogP contribution in [0.2, 0.25) is 0 Å². The van der Waals surface area contributed by atoms with E-state index in [2.05, 4.69) is 24.5 Å². The highest BCUT2D eigenvalue weighted by atomic mass is 32.1. The normalized spacial score (nSPS) is 18.3. The van der Waals surface area contributed by atoms with Gasteiger partial charge in [0.15, 0.2) is 10.8 Å². The molecule has 0 bridgehead atoms. The lowest BCUT2D eigenvalue weighted by Crippen LogP contribution is -2.47. The summed E-state index contributed by atoms with van der Waals surface area (Å²) in [5.41, 5.74) is 1.18. The molecule has 0 aliphatic carbocycles. The smallest absolute Gasteiger partial charge is 0.415 e. The zero-order valence-corrected chi connectivity index (χ0v) is 16.8. The topological polar surface area (TPSA) is 84.3 Å². The van der Waals surface area contributed by atoms with Crippen molar-refractivity contribution in [3.8, 4) is 10.7 Å². The monoisotopic (exact) mass is 408 g/mol. The number of benzene rings is 1. The first-order valence-corrected chi connectivity index (χ1v) is 10.3. The van der Waals surface area contributed by atoms with E-state index in [0.717, 1.165) is 54.0 Å². The zero-order chi connectivity index (χ0) is 19.8. The number of hydrogen-bond acceptors (Lipinski definition) is 8. The van der Waals surface area contributed by atoms with Crippen molar-refractivity contribution in [3.05, 3.63) is 48.3 Å². The van der Waals surface area contributed by atoms with Crippen LogP contribution in [0.15, 0.2) is 42.5 Å². The maximum absolute atomic E-state index is 12.4. The summed E-state index contributed by atoms with van der Waals surface area (Å²) in [6.45, 7) is 3.98. The van der Waals surface area contributed by atoms with E-state index in [0.29, 0.717) is 6.54 Å². The van der Waals surface area contributed by atoms with Crippen LogP contribution < -0.4 is 9.80 Å². The molecule has 4 heterocycles. The predicted octanol–water partition coefficient (Wildman–Crippen LogP) is 3.30. The number of carbonyl (C=O) groups excluding carboxylic acids is 1. The molecule has 8 nitrogen and oxygen atoms in total. The second-order valence-electron chi connectivity index (χ2n) is 7.38. The zero-order valence-electron chi connectivity index (χ0n) is 16.0. The third kappa shape index (κ3) is 3.42. The third-order valence-corrected chi connectivity index (χ3v) is 6.26. The highest BCUT2D eigenvalue weighted by molar-refractivity contribution is 7.09. The van der Waals surface area contributed by atoms with Gasteiger partial charge in [-0.05, 0) is 42.7 Å². The number of rotatable bonds is 3. The van der Waals surface area contributed by atoms with Crippen LogP contribution in [0.3, 0.4) is 0 Å². The highest BCUT2D eigenvalue weighted by Crippen LogP contribution is 2.36. The fourth-order valence-corrected chi connectivity index (χ4v) is 4.48. The van der Waals surface area contributed by atoms with Crippen LogP contribution in [0.4, 0.5) is 16.3 Å². The molecule has 148 valence electrons. The quantitative estimate of drug-likeness (QED) is 0.657. The number of carbonyl (C=O) groups is 1. The number of ether oxygens (including phenoxy) is 1. The van der Waals surface area contributed by atoms with Crippen LogP contribution in [0.1, 0.15) is 18.7 Å². The van der Waals surface area contributed by atoms with Gasteiger partial charge in [0.25, 0.3) is 0 Å². The van der Waals surface area contributed by atoms with E-state index in [1.807, 2.05) is 49.4 Å². The SMILES string of the molecule is Cc1nsc(-c2ccc(N3CCC4(CC3)CN(c3ccccc3)C(=O)O4)nn2)n1. The maximum Gasteiger partial charge on any atom is 0.415 e. The molecular weight excluding hydrogens is 388 g/mol. The molecule has 2 fully saturated rings. The summed E-state index contributed by atoms with van der Waals surface area (Å²) in [6.07, 6.45) is 1.27. The number of piperidine rings is 1. The molecule has 0 radical (unpaired) electrons. The van der Waals surface area contributed by atoms with Crippen LogP contribution >= 0.6 is 11.5 Å². The summed E-state index contributed by atoms with van der Waals surface area (Å²) in [6, 6.07) is 13.6. The Hall–Kier alpha value is -3.07. The molecule has 29 heavy (non-hydrogen) atoms. The van der Waals surface area contributed by atoms with Crippen molar-refractivity contribution in [3.63, 3.8) is 0 Å².